The van der Waals surface area contributed by atoms with Gasteiger partial charge in [0, 0.05) is 5.70 Å². The topological polar surface area (TPSA) is 26.0 Å². The highest BCUT2D eigenvalue weighted by Gasteiger charge is 2.08. The molecule has 0 spiro atoms. The Morgan fingerprint density at radius 1 is 1.44 bits per heavy atom. The molecule has 0 heterocycles. The minimum absolute atomic E-state index is 0.391. The Labute approximate surface area is 57.9 Å². The molecule has 0 saturated carbocycles. The lowest BCUT2D eigenvalue weighted by Gasteiger charge is -2.17. The monoisotopic (exact) mass is 127 g/mol. The second kappa shape index (κ2) is 2.90. The van der Waals surface area contributed by atoms with E-state index in [0.29, 0.717) is 5.41 Å². The van der Waals surface area contributed by atoms with Crippen molar-refractivity contribution in [2.75, 3.05) is 0 Å². The van der Waals surface area contributed by atoms with Crippen LogP contribution in [0.25, 0.3) is 0 Å². The van der Waals surface area contributed by atoms with Crippen molar-refractivity contribution in [2.24, 2.45) is 11.1 Å². The zero-order valence-corrected chi connectivity index (χ0v) is 6.70. The third-order valence-electron chi connectivity index (χ3n) is 1.20. The second-order valence-corrected chi connectivity index (χ2v) is 3.72. The van der Waals surface area contributed by atoms with Crippen LogP contribution in [0.4, 0.5) is 0 Å². The Bertz CT molecular complexity index is 97.6. The molecule has 0 rings (SSSR count). The molecule has 0 unspecified atom stereocenters. The summed E-state index contributed by atoms with van der Waals surface area (Å²) >= 11 is 0. The molecule has 0 fully saturated rings. The SMILES string of the molecule is C=C(N)CCC(C)(C)C. The molecule has 0 amide bonds. The summed E-state index contributed by atoms with van der Waals surface area (Å²) in [5, 5.41) is 0. The summed E-state index contributed by atoms with van der Waals surface area (Å²) in [5.41, 5.74) is 6.59. The molecule has 1 heteroatoms. The first kappa shape index (κ1) is 8.54. The molecule has 54 valence electrons. The van der Waals surface area contributed by atoms with Gasteiger partial charge in [0.25, 0.3) is 0 Å². The molecule has 0 aliphatic heterocycles. The Hall–Kier alpha value is -0.460. The number of allylic oxidation sites excluding steroid dienone is 1. The van der Waals surface area contributed by atoms with E-state index in [2.05, 4.69) is 27.4 Å². The van der Waals surface area contributed by atoms with Gasteiger partial charge in [-0.1, -0.05) is 27.4 Å². The van der Waals surface area contributed by atoms with Crippen molar-refractivity contribution in [3.05, 3.63) is 12.3 Å². The lowest BCUT2D eigenvalue weighted by Crippen LogP contribution is -2.07. The zero-order chi connectivity index (χ0) is 7.49. The van der Waals surface area contributed by atoms with E-state index in [-0.39, 0.29) is 0 Å². The largest absolute Gasteiger partial charge is 0.403 e. The van der Waals surface area contributed by atoms with Crippen LogP contribution in [0.5, 0.6) is 0 Å². The van der Waals surface area contributed by atoms with E-state index in [9.17, 15) is 0 Å². The van der Waals surface area contributed by atoms with Crippen LogP contribution in [0, 0.1) is 5.41 Å². The first-order valence-electron chi connectivity index (χ1n) is 3.35. The quantitative estimate of drug-likeness (QED) is 0.605. The molecule has 0 saturated heterocycles. The van der Waals surface area contributed by atoms with Crippen LogP contribution in [-0.4, -0.2) is 0 Å². The maximum atomic E-state index is 5.41. The Morgan fingerprint density at radius 3 is 2.00 bits per heavy atom. The predicted octanol–water partition coefficient (Wildman–Crippen LogP) is 2.29. The van der Waals surface area contributed by atoms with Gasteiger partial charge in [0.15, 0.2) is 0 Å². The van der Waals surface area contributed by atoms with Crippen LogP contribution in [0.1, 0.15) is 33.6 Å². The van der Waals surface area contributed by atoms with E-state index in [1.807, 2.05) is 0 Å². The van der Waals surface area contributed by atoms with Crippen LogP contribution in [0.15, 0.2) is 12.3 Å². The van der Waals surface area contributed by atoms with Gasteiger partial charge in [-0.15, -0.1) is 0 Å². The molecule has 0 aliphatic rings. The minimum atomic E-state index is 0.391. The van der Waals surface area contributed by atoms with E-state index < -0.39 is 0 Å². The van der Waals surface area contributed by atoms with Crippen molar-refractivity contribution in [1.82, 2.24) is 0 Å². The zero-order valence-electron chi connectivity index (χ0n) is 6.70. The van der Waals surface area contributed by atoms with E-state index >= 15 is 0 Å². The Morgan fingerprint density at radius 2 is 1.89 bits per heavy atom. The van der Waals surface area contributed by atoms with Crippen LogP contribution in [-0.2, 0) is 0 Å². The Balaban J connectivity index is 3.39. The highest BCUT2D eigenvalue weighted by atomic mass is 14.6. The van der Waals surface area contributed by atoms with Gasteiger partial charge < -0.3 is 5.73 Å². The molecule has 0 bridgehead atoms. The maximum Gasteiger partial charge on any atom is 0.000764 e. The fourth-order valence-corrected chi connectivity index (χ4v) is 0.536. The van der Waals surface area contributed by atoms with E-state index in [4.69, 9.17) is 5.73 Å². The van der Waals surface area contributed by atoms with Gasteiger partial charge in [-0.2, -0.15) is 0 Å². The predicted molar refractivity (Wildman–Crippen MR) is 42.0 cm³/mol. The number of nitrogens with two attached hydrogens (primary N) is 1. The summed E-state index contributed by atoms with van der Waals surface area (Å²) in [7, 11) is 0. The fraction of sp³-hybridized carbons (Fsp3) is 0.750. The van der Waals surface area contributed by atoms with Crippen LogP contribution >= 0.6 is 0 Å². The average molecular weight is 127 g/mol. The smallest absolute Gasteiger partial charge is 0.000764 e. The highest BCUT2D eigenvalue weighted by molar-refractivity contribution is 4.86. The van der Waals surface area contributed by atoms with Crippen LogP contribution < -0.4 is 5.73 Å². The standard InChI is InChI=1S/C8H17N/c1-7(9)5-6-8(2,3)4/h1,5-6,9H2,2-4H3. The number of hydrogen-bond donors (Lipinski definition) is 1. The maximum absolute atomic E-state index is 5.41. The van der Waals surface area contributed by atoms with Gasteiger partial charge in [0.2, 0.25) is 0 Å². The fourth-order valence-electron chi connectivity index (χ4n) is 0.536. The summed E-state index contributed by atoms with van der Waals surface area (Å²) in [6.07, 6.45) is 2.08. The van der Waals surface area contributed by atoms with Gasteiger partial charge in [0.1, 0.15) is 0 Å². The first-order chi connectivity index (χ1) is 3.92. The number of rotatable bonds is 2. The lowest BCUT2D eigenvalue weighted by molar-refractivity contribution is 0.377. The van der Waals surface area contributed by atoms with Crippen molar-refractivity contribution < 1.29 is 0 Å². The molecular weight excluding hydrogens is 110 g/mol. The number of hydrogen-bond acceptors (Lipinski definition) is 1. The third kappa shape index (κ3) is 7.54. The van der Waals surface area contributed by atoms with Gasteiger partial charge in [-0.05, 0) is 18.3 Å². The molecule has 0 aromatic carbocycles. The normalized spacial score (nSPS) is 11.4. The van der Waals surface area contributed by atoms with E-state index in [1.165, 1.54) is 0 Å². The van der Waals surface area contributed by atoms with Gasteiger partial charge >= 0.3 is 0 Å². The van der Waals surface area contributed by atoms with Crippen LogP contribution in [0.3, 0.4) is 0 Å². The Kier molecular flexibility index (Phi) is 2.75. The summed E-state index contributed by atoms with van der Waals surface area (Å²) in [6, 6.07) is 0. The molecule has 9 heavy (non-hydrogen) atoms. The van der Waals surface area contributed by atoms with Crippen molar-refractivity contribution in [1.29, 1.82) is 0 Å². The van der Waals surface area contributed by atoms with Crippen molar-refractivity contribution in [3.63, 3.8) is 0 Å². The van der Waals surface area contributed by atoms with Crippen LogP contribution in [0.2, 0.25) is 0 Å². The van der Waals surface area contributed by atoms with Crippen molar-refractivity contribution in [2.45, 2.75) is 33.6 Å². The van der Waals surface area contributed by atoms with Gasteiger partial charge in [-0.25, -0.2) is 0 Å². The van der Waals surface area contributed by atoms with E-state index in [1.54, 1.807) is 0 Å². The van der Waals surface area contributed by atoms with Gasteiger partial charge in [-0.3, -0.25) is 0 Å². The summed E-state index contributed by atoms with van der Waals surface area (Å²) in [5.74, 6) is 0. The first-order valence-corrected chi connectivity index (χ1v) is 3.35. The molecule has 0 atom stereocenters. The molecule has 0 aromatic heterocycles. The molecule has 1 nitrogen and oxygen atoms in total. The lowest BCUT2D eigenvalue weighted by atomic mass is 9.90. The second-order valence-electron chi connectivity index (χ2n) is 3.72. The van der Waals surface area contributed by atoms with Crippen molar-refractivity contribution >= 4 is 0 Å². The molecule has 0 aliphatic carbocycles. The summed E-state index contributed by atoms with van der Waals surface area (Å²) < 4.78 is 0. The third-order valence-corrected chi connectivity index (χ3v) is 1.20. The minimum Gasteiger partial charge on any atom is -0.403 e. The molecule has 0 radical (unpaired) electrons. The molecule has 2 N–H and O–H groups in total. The molecule has 0 aromatic rings. The summed E-state index contributed by atoms with van der Waals surface area (Å²) in [4.78, 5) is 0. The molecular formula is C8H17N. The van der Waals surface area contributed by atoms with Crippen molar-refractivity contribution in [3.8, 4) is 0 Å². The highest BCUT2D eigenvalue weighted by Crippen LogP contribution is 2.21. The summed E-state index contributed by atoms with van der Waals surface area (Å²) in [6.45, 7) is 10.2. The average Bonchev–Trinajstić information content (AvgIpc) is 1.59. The van der Waals surface area contributed by atoms with Gasteiger partial charge in [0.05, 0.1) is 0 Å². The van der Waals surface area contributed by atoms with E-state index in [0.717, 1.165) is 18.5 Å².